The summed E-state index contributed by atoms with van der Waals surface area (Å²) in [6, 6.07) is 0.665. The lowest BCUT2D eigenvalue weighted by Gasteiger charge is -2.29. The summed E-state index contributed by atoms with van der Waals surface area (Å²) >= 11 is 0. The second-order valence-electron chi connectivity index (χ2n) is 5.14. The van der Waals surface area contributed by atoms with Crippen LogP contribution in [0.15, 0.2) is 0 Å². The summed E-state index contributed by atoms with van der Waals surface area (Å²) in [5, 5.41) is 16.6. The maximum Gasteiger partial charge on any atom is 0.0543 e. The van der Waals surface area contributed by atoms with Gasteiger partial charge >= 0.3 is 0 Å². The fourth-order valence-corrected chi connectivity index (χ4v) is 2.81. The minimum absolute atomic E-state index is 0.0324. The molecule has 3 heteroatoms. The normalized spacial score (nSPS) is 37.8. The quantitative estimate of drug-likeness (QED) is 0.651. The van der Waals surface area contributed by atoms with Crippen LogP contribution < -0.4 is 10.6 Å². The highest BCUT2D eigenvalue weighted by Gasteiger charge is 2.21. The van der Waals surface area contributed by atoms with Gasteiger partial charge in [0.15, 0.2) is 0 Å². The van der Waals surface area contributed by atoms with Crippen LogP contribution in [0.25, 0.3) is 0 Å². The smallest absolute Gasteiger partial charge is 0.0543 e. The standard InChI is InChI=1S/C12H24N2O/c15-12-5-1-3-10(7-12)8-14-11-4-2-6-13-9-11/h10-15H,1-9H2. The molecule has 2 fully saturated rings. The van der Waals surface area contributed by atoms with Gasteiger partial charge in [0, 0.05) is 12.6 Å². The third kappa shape index (κ3) is 3.74. The van der Waals surface area contributed by atoms with E-state index in [0.29, 0.717) is 12.0 Å². The van der Waals surface area contributed by atoms with Crippen LogP contribution in [0.1, 0.15) is 38.5 Å². The lowest BCUT2D eigenvalue weighted by atomic mass is 9.87. The Hall–Kier alpha value is -0.120. The average molecular weight is 212 g/mol. The van der Waals surface area contributed by atoms with E-state index in [2.05, 4.69) is 10.6 Å². The van der Waals surface area contributed by atoms with Gasteiger partial charge in [0.2, 0.25) is 0 Å². The topological polar surface area (TPSA) is 44.3 Å². The molecule has 3 atom stereocenters. The predicted octanol–water partition coefficient (Wildman–Crippen LogP) is 0.879. The first kappa shape index (κ1) is 11.4. The predicted molar refractivity (Wildman–Crippen MR) is 61.9 cm³/mol. The van der Waals surface area contributed by atoms with Crippen molar-refractivity contribution in [2.75, 3.05) is 19.6 Å². The van der Waals surface area contributed by atoms with E-state index in [0.717, 1.165) is 25.9 Å². The third-order valence-corrected chi connectivity index (χ3v) is 3.75. The van der Waals surface area contributed by atoms with Gasteiger partial charge in [0.1, 0.15) is 0 Å². The summed E-state index contributed by atoms with van der Waals surface area (Å²) in [7, 11) is 0. The molecule has 0 aromatic heterocycles. The molecule has 3 N–H and O–H groups in total. The fourth-order valence-electron chi connectivity index (χ4n) is 2.81. The lowest BCUT2D eigenvalue weighted by Crippen LogP contribution is -2.45. The summed E-state index contributed by atoms with van der Waals surface area (Å²) in [5.41, 5.74) is 0. The van der Waals surface area contributed by atoms with Crippen LogP contribution in [0.3, 0.4) is 0 Å². The van der Waals surface area contributed by atoms with Crippen LogP contribution in [-0.2, 0) is 0 Å². The van der Waals surface area contributed by atoms with Gasteiger partial charge in [-0.15, -0.1) is 0 Å². The summed E-state index contributed by atoms with van der Waals surface area (Å²) in [6.45, 7) is 3.40. The first-order valence-electron chi connectivity index (χ1n) is 6.47. The molecular weight excluding hydrogens is 188 g/mol. The van der Waals surface area contributed by atoms with Crippen molar-refractivity contribution in [1.29, 1.82) is 0 Å². The van der Waals surface area contributed by atoms with Gasteiger partial charge in [-0.3, -0.25) is 0 Å². The highest BCUT2D eigenvalue weighted by Crippen LogP contribution is 2.23. The SMILES string of the molecule is OC1CCCC(CNC2CCCNC2)C1. The molecule has 0 aromatic carbocycles. The Morgan fingerprint density at radius 2 is 2.13 bits per heavy atom. The monoisotopic (exact) mass is 212 g/mol. The Kier molecular flexibility index (Phi) is 4.42. The summed E-state index contributed by atoms with van der Waals surface area (Å²) < 4.78 is 0. The summed E-state index contributed by atoms with van der Waals surface area (Å²) in [6.07, 6.45) is 7.10. The molecule has 1 aliphatic heterocycles. The Balaban J connectivity index is 1.63. The number of rotatable bonds is 3. The van der Waals surface area contributed by atoms with Crippen molar-refractivity contribution in [3.63, 3.8) is 0 Å². The van der Waals surface area contributed by atoms with E-state index in [9.17, 15) is 5.11 Å². The van der Waals surface area contributed by atoms with Gasteiger partial charge < -0.3 is 15.7 Å². The second kappa shape index (κ2) is 5.83. The van der Waals surface area contributed by atoms with E-state index in [1.807, 2.05) is 0 Å². The van der Waals surface area contributed by atoms with Gasteiger partial charge in [-0.25, -0.2) is 0 Å². The van der Waals surface area contributed by atoms with E-state index in [4.69, 9.17) is 0 Å². The third-order valence-electron chi connectivity index (χ3n) is 3.75. The molecule has 1 saturated carbocycles. The van der Waals surface area contributed by atoms with Crippen LogP contribution in [0.5, 0.6) is 0 Å². The minimum Gasteiger partial charge on any atom is -0.393 e. The van der Waals surface area contributed by atoms with Crippen molar-refractivity contribution in [3.05, 3.63) is 0 Å². The van der Waals surface area contributed by atoms with E-state index >= 15 is 0 Å². The van der Waals surface area contributed by atoms with Gasteiger partial charge in [0.05, 0.1) is 6.10 Å². The zero-order valence-electron chi connectivity index (χ0n) is 9.54. The number of aliphatic hydroxyl groups is 1. The van der Waals surface area contributed by atoms with Crippen molar-refractivity contribution < 1.29 is 5.11 Å². The van der Waals surface area contributed by atoms with Crippen LogP contribution in [0.2, 0.25) is 0 Å². The lowest BCUT2D eigenvalue weighted by molar-refractivity contribution is 0.0992. The zero-order chi connectivity index (χ0) is 10.5. The van der Waals surface area contributed by atoms with Crippen molar-refractivity contribution in [1.82, 2.24) is 10.6 Å². The summed E-state index contributed by atoms with van der Waals surface area (Å²) in [5.74, 6) is 0.704. The minimum atomic E-state index is -0.0324. The highest BCUT2D eigenvalue weighted by atomic mass is 16.3. The first-order valence-corrected chi connectivity index (χ1v) is 6.47. The molecule has 2 aliphatic rings. The summed E-state index contributed by atoms with van der Waals surface area (Å²) in [4.78, 5) is 0. The molecule has 3 nitrogen and oxygen atoms in total. The van der Waals surface area contributed by atoms with Crippen molar-refractivity contribution in [2.45, 2.75) is 50.7 Å². The van der Waals surface area contributed by atoms with Crippen molar-refractivity contribution in [3.8, 4) is 0 Å². The van der Waals surface area contributed by atoms with Gasteiger partial charge in [-0.2, -0.15) is 0 Å². The molecule has 0 spiro atoms. The molecule has 0 amide bonds. The van der Waals surface area contributed by atoms with Gasteiger partial charge in [-0.05, 0) is 51.1 Å². The van der Waals surface area contributed by atoms with E-state index in [-0.39, 0.29) is 6.10 Å². The van der Waals surface area contributed by atoms with Crippen LogP contribution in [-0.4, -0.2) is 36.9 Å². The number of nitrogens with one attached hydrogen (secondary N) is 2. The molecule has 0 aromatic rings. The number of piperidine rings is 1. The van der Waals surface area contributed by atoms with Crippen molar-refractivity contribution in [2.24, 2.45) is 5.92 Å². The van der Waals surface area contributed by atoms with Crippen LogP contribution in [0, 0.1) is 5.92 Å². The molecule has 3 unspecified atom stereocenters. The number of hydrogen-bond acceptors (Lipinski definition) is 3. The van der Waals surface area contributed by atoms with Crippen LogP contribution in [0.4, 0.5) is 0 Å². The molecule has 1 saturated heterocycles. The van der Waals surface area contributed by atoms with Gasteiger partial charge in [0.25, 0.3) is 0 Å². The molecule has 15 heavy (non-hydrogen) atoms. The van der Waals surface area contributed by atoms with Crippen molar-refractivity contribution >= 4 is 0 Å². The number of hydrogen-bond donors (Lipinski definition) is 3. The van der Waals surface area contributed by atoms with E-state index in [1.54, 1.807) is 0 Å². The fraction of sp³-hybridized carbons (Fsp3) is 1.00. The molecule has 1 heterocycles. The largest absolute Gasteiger partial charge is 0.393 e. The van der Waals surface area contributed by atoms with E-state index in [1.165, 1.54) is 32.2 Å². The van der Waals surface area contributed by atoms with E-state index < -0.39 is 0 Å². The zero-order valence-corrected chi connectivity index (χ0v) is 9.54. The molecule has 0 bridgehead atoms. The first-order chi connectivity index (χ1) is 7.34. The Morgan fingerprint density at radius 1 is 1.20 bits per heavy atom. The maximum absolute atomic E-state index is 9.58. The maximum atomic E-state index is 9.58. The highest BCUT2D eigenvalue weighted by molar-refractivity contribution is 4.79. The average Bonchev–Trinajstić information content (AvgIpc) is 2.28. The Bertz CT molecular complexity index is 180. The molecule has 0 radical (unpaired) electrons. The second-order valence-corrected chi connectivity index (χ2v) is 5.14. The molecular formula is C12H24N2O. The van der Waals surface area contributed by atoms with Gasteiger partial charge in [-0.1, -0.05) is 6.42 Å². The van der Waals surface area contributed by atoms with Crippen LogP contribution >= 0.6 is 0 Å². The molecule has 88 valence electrons. The molecule has 2 rings (SSSR count). The number of aliphatic hydroxyl groups excluding tert-OH is 1. The Labute approximate surface area is 92.6 Å². The Morgan fingerprint density at radius 3 is 2.87 bits per heavy atom. The molecule has 1 aliphatic carbocycles.